The van der Waals surface area contributed by atoms with E-state index in [-0.39, 0.29) is 12.0 Å². The van der Waals surface area contributed by atoms with E-state index in [1.807, 2.05) is 6.08 Å². The maximum absolute atomic E-state index is 13.8. The molecular formula is C58H94N5O27P. The summed E-state index contributed by atoms with van der Waals surface area (Å²) in [6.45, 7) is 18.2. The summed E-state index contributed by atoms with van der Waals surface area (Å²) in [4.78, 5) is 86.2. The number of nitrogens with one attached hydrogen (secondary N) is 2. The Morgan fingerprint density at radius 3 is 1.88 bits per heavy atom. The van der Waals surface area contributed by atoms with E-state index in [2.05, 4.69) is 70.1 Å². The molecule has 0 aromatic rings. The fourth-order valence-corrected chi connectivity index (χ4v) is 11.1. The molecule has 0 aromatic heterocycles. The van der Waals surface area contributed by atoms with Crippen molar-refractivity contribution in [1.82, 2.24) is 10.6 Å². The molecule has 4 saturated heterocycles. The molecule has 22 unspecified atom stereocenters. The van der Waals surface area contributed by atoms with Crippen molar-refractivity contribution in [2.45, 2.75) is 242 Å². The van der Waals surface area contributed by atoms with Crippen LogP contribution in [-0.4, -0.2) is 230 Å². The van der Waals surface area contributed by atoms with Crippen molar-refractivity contribution in [3.8, 4) is 0 Å². The molecule has 0 aliphatic carbocycles. The SMILES string of the molecule is C=C(CC=C(C)CCC=C(C)C)CCC(C)(C)CC=CCC(C)=CCOC(COP(=O)(O)OC1OC(C(N)=O)C(C)(O)C(OC(N)=O)C1OC1OC(CO)C(OC2OC(C)C(OC3OC(C(N)=O)C(O)C(O)C3O)C(O)C2NC(C)=O)C(O)C1NC(C)=O)C(=O)O. The first kappa shape index (κ1) is 78.3. The van der Waals surface area contributed by atoms with Gasteiger partial charge in [-0.2, -0.15) is 0 Å². The van der Waals surface area contributed by atoms with E-state index in [1.165, 1.54) is 18.1 Å². The highest BCUT2D eigenvalue weighted by molar-refractivity contribution is 7.47. The van der Waals surface area contributed by atoms with Crippen LogP contribution in [0.3, 0.4) is 0 Å². The van der Waals surface area contributed by atoms with Gasteiger partial charge in [0.1, 0.15) is 66.5 Å². The second-order valence-electron chi connectivity index (χ2n) is 24.3. The number of primary amides is 3. The molecular weight excluding hydrogens is 1230 g/mol. The number of amides is 5. The van der Waals surface area contributed by atoms with Crippen molar-refractivity contribution < 1.29 is 131 Å². The summed E-state index contributed by atoms with van der Waals surface area (Å²) in [6.07, 6.45) is -21.8. The zero-order chi connectivity index (χ0) is 68.6. The standard InChI is InChI=1S/C58H94N5O27P/c1-27(2)15-14-17-28(3)18-19-30(5)20-23-57(9,10)22-13-12-16-29(4)21-24-80-35(51(74)75)26-81-91(78,79)90-55-46(47(89-56(61)76)58(11,77)48(88-55)50(60)73)87-53-37(63-33(8)66)39(68)44(34(25-64)83-53)85-52-36(62-32(7)65)38(67)43(31(6)82-52)84-54-42(71)40(69)41(70)45(86-54)49(59)72/h12-13,15,18,21,31,34-48,52-55,64,67-71,77H,5,14,16-17,19-20,22-26H2,1-4,6-11H3,(H2,59,72)(H2,60,73)(H2,61,76)(H,62,65)(H,63,66)(H,74,75)(H,78,79). The molecule has 4 heterocycles. The number of allylic oxidation sites excluding steroid dienone is 8. The van der Waals surface area contributed by atoms with Crippen molar-refractivity contribution in [1.29, 1.82) is 0 Å². The van der Waals surface area contributed by atoms with E-state index < -0.39 is 185 Å². The molecule has 5 amide bonds. The van der Waals surface area contributed by atoms with Crippen molar-refractivity contribution >= 4 is 43.5 Å². The first-order valence-corrected chi connectivity index (χ1v) is 31.0. The summed E-state index contributed by atoms with van der Waals surface area (Å²) < 4.78 is 75.6. The van der Waals surface area contributed by atoms with E-state index in [0.717, 1.165) is 70.4 Å². The van der Waals surface area contributed by atoms with Crippen LogP contribution in [0.25, 0.3) is 0 Å². The molecule has 33 heteroatoms. The van der Waals surface area contributed by atoms with Gasteiger partial charge in [-0.05, 0) is 91.9 Å². The Kier molecular flexibility index (Phi) is 30.0. The summed E-state index contributed by atoms with van der Waals surface area (Å²) >= 11 is 0. The number of phosphoric ester groups is 1. The third kappa shape index (κ3) is 23.1. The minimum absolute atomic E-state index is 0.0166. The van der Waals surface area contributed by atoms with Crippen molar-refractivity contribution in [3.05, 3.63) is 59.3 Å². The molecule has 0 aromatic carbocycles. The minimum Gasteiger partial charge on any atom is -0.479 e. The highest BCUT2D eigenvalue weighted by Crippen LogP contribution is 2.49. The van der Waals surface area contributed by atoms with Crippen LogP contribution in [0.15, 0.2) is 59.3 Å². The van der Waals surface area contributed by atoms with Crippen LogP contribution in [0.2, 0.25) is 0 Å². The number of rotatable bonds is 33. The Morgan fingerprint density at radius 2 is 1.32 bits per heavy atom. The molecule has 0 radical (unpaired) electrons. The summed E-state index contributed by atoms with van der Waals surface area (Å²) in [5.41, 5.74) is 18.0. The number of phosphoric acid groups is 1. The number of aliphatic hydroxyl groups excluding tert-OH is 6. The van der Waals surface area contributed by atoms with E-state index in [9.17, 15) is 79.1 Å². The van der Waals surface area contributed by atoms with Gasteiger partial charge in [0, 0.05) is 13.8 Å². The lowest BCUT2D eigenvalue weighted by Crippen LogP contribution is -2.72. The molecule has 32 nitrogen and oxygen atoms in total. The maximum atomic E-state index is 13.8. The summed E-state index contributed by atoms with van der Waals surface area (Å²) in [7, 11) is -5.71. The Balaban J connectivity index is 1.51. The number of carboxylic acid groups (broad SMARTS) is 1. The Morgan fingerprint density at radius 1 is 0.725 bits per heavy atom. The van der Waals surface area contributed by atoms with Crippen LogP contribution in [0.1, 0.15) is 114 Å². The summed E-state index contributed by atoms with van der Waals surface area (Å²) in [5, 5.41) is 92.4. The smallest absolute Gasteiger partial charge is 0.474 e. The van der Waals surface area contributed by atoms with Gasteiger partial charge in [0.25, 0.3) is 0 Å². The van der Waals surface area contributed by atoms with Crippen LogP contribution < -0.4 is 27.8 Å². The fraction of sp³-hybridized carbons (Fsp3) is 0.724. The highest BCUT2D eigenvalue weighted by Gasteiger charge is 2.62. The van der Waals surface area contributed by atoms with Gasteiger partial charge >= 0.3 is 19.9 Å². The average Bonchev–Trinajstić information content (AvgIpc) is 0.764. The van der Waals surface area contributed by atoms with Crippen LogP contribution in [0.5, 0.6) is 0 Å². The molecule has 4 fully saturated rings. The molecule has 4 aliphatic heterocycles. The van der Waals surface area contributed by atoms with Gasteiger partial charge in [0.05, 0.1) is 25.9 Å². The second-order valence-corrected chi connectivity index (χ2v) is 25.7. The van der Waals surface area contributed by atoms with E-state index in [1.54, 1.807) is 13.0 Å². The lowest BCUT2D eigenvalue weighted by Gasteiger charge is -2.51. The minimum atomic E-state index is -5.71. The highest BCUT2D eigenvalue weighted by atomic mass is 31.2. The largest absolute Gasteiger partial charge is 0.479 e. The lowest BCUT2D eigenvalue weighted by molar-refractivity contribution is -0.370. The number of hydrogen-bond acceptors (Lipinski definition) is 25. The van der Waals surface area contributed by atoms with Crippen LogP contribution >= 0.6 is 7.82 Å². The number of hydrogen-bond donors (Lipinski definition) is 14. The monoisotopic (exact) mass is 1320 g/mol. The number of carboxylic acids is 1. The summed E-state index contributed by atoms with van der Waals surface area (Å²) in [6, 6.07) is -3.63. The van der Waals surface area contributed by atoms with Gasteiger partial charge in [-0.1, -0.05) is 73.1 Å². The van der Waals surface area contributed by atoms with Crippen molar-refractivity contribution in [3.63, 3.8) is 0 Å². The molecule has 91 heavy (non-hydrogen) atoms. The normalized spacial score (nSPS) is 34.3. The average molecular weight is 1320 g/mol. The van der Waals surface area contributed by atoms with Crippen molar-refractivity contribution in [2.75, 3.05) is 19.8 Å². The predicted molar refractivity (Wildman–Crippen MR) is 316 cm³/mol. The quantitative estimate of drug-likeness (QED) is 0.0288. The lowest BCUT2D eigenvalue weighted by atomic mass is 9.82. The molecule has 4 aliphatic rings. The van der Waals surface area contributed by atoms with Crippen LogP contribution in [0, 0.1) is 5.41 Å². The predicted octanol–water partition coefficient (Wildman–Crippen LogP) is -0.615. The fourth-order valence-electron chi connectivity index (χ4n) is 10.3. The van der Waals surface area contributed by atoms with Gasteiger partial charge in [-0.25, -0.2) is 14.2 Å². The number of aliphatic hydroxyl groups is 7. The third-order valence-electron chi connectivity index (χ3n) is 15.5. The maximum Gasteiger partial charge on any atom is 0.474 e. The number of aliphatic carboxylic acids is 1. The molecule has 0 saturated carbocycles. The van der Waals surface area contributed by atoms with Gasteiger partial charge in [0.2, 0.25) is 23.6 Å². The molecule has 518 valence electrons. The molecule has 22 atom stereocenters. The van der Waals surface area contributed by atoms with Crippen LogP contribution in [-0.2, 0) is 80.2 Å². The molecule has 4 rings (SSSR count). The molecule has 0 spiro atoms. The zero-order valence-corrected chi connectivity index (χ0v) is 53.7. The van der Waals surface area contributed by atoms with E-state index in [4.69, 9.17) is 68.9 Å². The van der Waals surface area contributed by atoms with E-state index >= 15 is 0 Å². The second kappa shape index (κ2) is 34.8. The topological polar surface area (TPSA) is 505 Å². The Hall–Kier alpha value is -5.17. The van der Waals surface area contributed by atoms with Gasteiger partial charge in [0.15, 0.2) is 55.7 Å². The number of nitrogens with two attached hydrogens (primary N) is 3. The molecule has 0 bridgehead atoms. The van der Waals surface area contributed by atoms with Gasteiger partial charge in [-0.3, -0.25) is 28.2 Å². The number of carbonyl (C=O) groups excluding carboxylic acids is 5. The Bertz CT molecular complexity index is 2670. The first-order valence-electron chi connectivity index (χ1n) is 29.5. The Labute approximate surface area is 527 Å². The van der Waals surface area contributed by atoms with Crippen molar-refractivity contribution in [2.24, 2.45) is 22.6 Å². The van der Waals surface area contributed by atoms with Crippen LogP contribution in [0.4, 0.5) is 4.79 Å². The zero-order valence-electron chi connectivity index (χ0n) is 52.8. The number of ether oxygens (including phenoxy) is 9. The third-order valence-corrected chi connectivity index (χ3v) is 16.4. The van der Waals surface area contributed by atoms with E-state index in [0.29, 0.717) is 6.42 Å². The first-order chi connectivity index (χ1) is 42.3. The van der Waals surface area contributed by atoms with Gasteiger partial charge in [-0.15, -0.1) is 0 Å². The number of carbonyl (C=O) groups is 6. The summed E-state index contributed by atoms with van der Waals surface area (Å²) in [5.74, 6) is -6.12. The molecule has 17 N–H and O–H groups in total. The van der Waals surface area contributed by atoms with Gasteiger partial charge < -0.3 is 116 Å².